The van der Waals surface area contributed by atoms with Crippen molar-refractivity contribution < 1.29 is 9.53 Å². The minimum Gasteiger partial charge on any atom is -0.423 e. The fraction of sp³-hybridized carbons (Fsp3) is 0.312. The Bertz CT molecular complexity index is 1000. The quantitative estimate of drug-likeness (QED) is 0.150. The maximum atomic E-state index is 8.87. The molecule has 0 aliphatic carbocycles. The van der Waals surface area contributed by atoms with E-state index in [1.165, 1.54) is 35.1 Å². The average molecular weight is 485 g/mol. The molecule has 0 radical (unpaired) electrons. The van der Waals surface area contributed by atoms with Gasteiger partial charge in [-0.3, -0.25) is 0 Å². The van der Waals surface area contributed by atoms with Crippen molar-refractivity contribution in [2.45, 2.75) is 50.5 Å². The number of benzene rings is 3. The first kappa shape index (κ1) is 26.9. The van der Waals surface area contributed by atoms with Crippen LogP contribution in [0.4, 0.5) is 0 Å². The second-order valence-corrected chi connectivity index (χ2v) is 12.3. The fourth-order valence-corrected chi connectivity index (χ4v) is 6.24. The first-order valence-corrected chi connectivity index (χ1v) is 14.1. The molecule has 0 heterocycles. The van der Waals surface area contributed by atoms with Crippen molar-refractivity contribution in [1.82, 2.24) is 0 Å². The van der Waals surface area contributed by atoms with Gasteiger partial charge in [0.1, 0.15) is 0 Å². The van der Waals surface area contributed by atoms with Gasteiger partial charge in [-0.05, 0) is 46.6 Å². The summed E-state index contributed by atoms with van der Waals surface area (Å²) >= 11 is 0. The van der Waals surface area contributed by atoms with E-state index in [1.54, 1.807) is 6.08 Å². The summed E-state index contributed by atoms with van der Waals surface area (Å²) < 4.78 is 6.37. The lowest BCUT2D eigenvalue weighted by Crippen LogP contribution is -2.25. The van der Waals surface area contributed by atoms with Crippen molar-refractivity contribution in [2.75, 3.05) is 13.2 Å². The van der Waals surface area contributed by atoms with Gasteiger partial charge in [0.15, 0.2) is 9.76 Å². The van der Waals surface area contributed by atoms with Gasteiger partial charge < -0.3 is 9.53 Å². The molecular formula is C32H40O2Si. The summed E-state index contributed by atoms with van der Waals surface area (Å²) in [7, 11) is -0.735. The number of aliphatic hydroxyl groups excluding tert-OH is 1. The van der Waals surface area contributed by atoms with Crippen molar-refractivity contribution in [3.8, 4) is 0 Å². The van der Waals surface area contributed by atoms with E-state index in [0.717, 1.165) is 19.4 Å². The van der Waals surface area contributed by atoms with Crippen molar-refractivity contribution in [2.24, 2.45) is 0 Å². The highest BCUT2D eigenvalue weighted by Crippen LogP contribution is 2.45. The Balaban J connectivity index is 1.47. The second-order valence-electron chi connectivity index (χ2n) is 9.77. The van der Waals surface area contributed by atoms with E-state index < -0.39 is 9.76 Å². The highest BCUT2D eigenvalue weighted by Gasteiger charge is 2.33. The molecule has 3 rings (SSSR count). The van der Waals surface area contributed by atoms with Crippen LogP contribution in [0.1, 0.15) is 61.3 Å². The minimum absolute atomic E-state index is 0.0767. The first-order chi connectivity index (χ1) is 17.1. The molecular weight excluding hydrogens is 444 g/mol. The van der Waals surface area contributed by atoms with E-state index in [4.69, 9.17) is 9.53 Å². The SMILES string of the molecule is CC(C)([SiH2]OCCCCCc1ccccc1/C=C/C=C/CO)C(c1ccccc1)c1ccccc1. The van der Waals surface area contributed by atoms with Gasteiger partial charge >= 0.3 is 0 Å². The number of unbranched alkanes of at least 4 members (excludes halogenated alkanes) is 2. The predicted octanol–water partition coefficient (Wildman–Crippen LogP) is 7.09. The number of hydrogen-bond acceptors (Lipinski definition) is 2. The molecule has 0 spiro atoms. The Morgan fingerprint density at radius 2 is 1.43 bits per heavy atom. The molecule has 0 saturated heterocycles. The lowest BCUT2D eigenvalue weighted by atomic mass is 9.82. The lowest BCUT2D eigenvalue weighted by Gasteiger charge is -2.34. The molecule has 0 aromatic heterocycles. The van der Waals surface area contributed by atoms with Gasteiger partial charge in [0.05, 0.1) is 6.61 Å². The molecule has 0 fully saturated rings. The maximum absolute atomic E-state index is 8.87. The van der Waals surface area contributed by atoms with Crippen LogP contribution in [0.2, 0.25) is 5.04 Å². The van der Waals surface area contributed by atoms with Gasteiger partial charge in [-0.2, -0.15) is 0 Å². The monoisotopic (exact) mass is 484 g/mol. The number of rotatable bonds is 14. The molecule has 0 amide bonds. The minimum atomic E-state index is -0.735. The smallest absolute Gasteiger partial charge is 0.168 e. The zero-order valence-electron chi connectivity index (χ0n) is 21.3. The van der Waals surface area contributed by atoms with Gasteiger partial charge in [0.25, 0.3) is 0 Å². The van der Waals surface area contributed by atoms with Crippen LogP contribution in [0.15, 0.2) is 103 Å². The van der Waals surface area contributed by atoms with Crippen LogP contribution in [0.5, 0.6) is 0 Å². The molecule has 0 saturated carbocycles. The largest absolute Gasteiger partial charge is 0.423 e. The van der Waals surface area contributed by atoms with Crippen molar-refractivity contribution >= 4 is 15.8 Å². The third-order valence-corrected chi connectivity index (χ3v) is 8.08. The zero-order valence-corrected chi connectivity index (χ0v) is 22.7. The molecule has 0 bridgehead atoms. The molecule has 184 valence electrons. The molecule has 35 heavy (non-hydrogen) atoms. The van der Waals surface area contributed by atoms with E-state index >= 15 is 0 Å². The Kier molecular flexibility index (Phi) is 11.2. The Labute approximate surface area is 214 Å². The molecule has 0 unspecified atom stereocenters. The summed E-state index contributed by atoms with van der Waals surface area (Å²) in [6, 6.07) is 30.3. The van der Waals surface area contributed by atoms with Gasteiger partial charge in [0, 0.05) is 12.5 Å². The van der Waals surface area contributed by atoms with Crippen LogP contribution in [0, 0.1) is 0 Å². The van der Waals surface area contributed by atoms with E-state index in [2.05, 4.69) is 105 Å². The topological polar surface area (TPSA) is 29.5 Å². The van der Waals surface area contributed by atoms with Crippen LogP contribution in [-0.2, 0) is 10.8 Å². The van der Waals surface area contributed by atoms with Crippen LogP contribution >= 0.6 is 0 Å². The summed E-state index contributed by atoms with van der Waals surface area (Å²) in [4.78, 5) is 0. The first-order valence-electron chi connectivity index (χ1n) is 12.8. The fourth-order valence-electron chi connectivity index (χ4n) is 4.72. The average Bonchev–Trinajstić information content (AvgIpc) is 2.88. The number of hydrogen-bond donors (Lipinski definition) is 1. The molecule has 0 aliphatic rings. The van der Waals surface area contributed by atoms with Crippen LogP contribution < -0.4 is 0 Å². The maximum Gasteiger partial charge on any atom is 0.168 e. The highest BCUT2D eigenvalue weighted by molar-refractivity contribution is 6.32. The molecule has 0 aliphatic heterocycles. The summed E-state index contributed by atoms with van der Waals surface area (Å²) in [6.45, 7) is 5.70. The second kappa shape index (κ2) is 14.6. The molecule has 2 nitrogen and oxygen atoms in total. The van der Waals surface area contributed by atoms with E-state index in [0.29, 0.717) is 5.92 Å². The Morgan fingerprint density at radius 3 is 2.09 bits per heavy atom. The molecule has 1 N–H and O–H groups in total. The van der Waals surface area contributed by atoms with Gasteiger partial charge in [-0.1, -0.05) is 130 Å². The summed E-state index contributed by atoms with van der Waals surface area (Å²) in [5.74, 6) is 0.355. The van der Waals surface area contributed by atoms with Crippen LogP contribution in [-0.4, -0.2) is 28.1 Å². The third-order valence-electron chi connectivity index (χ3n) is 6.44. The summed E-state index contributed by atoms with van der Waals surface area (Å²) in [5, 5.41) is 8.99. The Hall–Kier alpha value is -2.72. The van der Waals surface area contributed by atoms with E-state index in [-0.39, 0.29) is 11.6 Å². The van der Waals surface area contributed by atoms with E-state index in [1.807, 2.05) is 12.2 Å². The number of aryl methyl sites for hydroxylation is 1. The summed E-state index contributed by atoms with van der Waals surface area (Å²) in [5.41, 5.74) is 5.39. The number of allylic oxidation sites excluding steroid dienone is 2. The lowest BCUT2D eigenvalue weighted by molar-refractivity contribution is 0.301. The van der Waals surface area contributed by atoms with Crippen molar-refractivity contribution in [3.05, 3.63) is 125 Å². The van der Waals surface area contributed by atoms with Gasteiger partial charge in [0.2, 0.25) is 0 Å². The normalized spacial score (nSPS) is 12.6. The molecule has 0 atom stereocenters. The van der Waals surface area contributed by atoms with Crippen LogP contribution in [0.3, 0.4) is 0 Å². The summed E-state index contributed by atoms with van der Waals surface area (Å²) in [6.07, 6.45) is 12.3. The van der Waals surface area contributed by atoms with Gasteiger partial charge in [-0.25, -0.2) is 0 Å². The van der Waals surface area contributed by atoms with Gasteiger partial charge in [-0.15, -0.1) is 0 Å². The number of aliphatic hydroxyl groups is 1. The third kappa shape index (κ3) is 8.77. The molecule has 3 aromatic carbocycles. The molecule has 3 heteroatoms. The van der Waals surface area contributed by atoms with Crippen molar-refractivity contribution in [1.29, 1.82) is 0 Å². The van der Waals surface area contributed by atoms with E-state index in [9.17, 15) is 0 Å². The zero-order chi connectivity index (χ0) is 24.8. The standard InChI is InChI=1S/C32H40O2Si/c1-32(2,31(29-21-7-3-8-22-29)30-23-9-4-10-24-30)35-34-26-16-6-12-18-28-20-14-13-19-27(28)17-11-5-15-25-33/h3-5,7-11,13-15,17,19-24,31,33H,6,12,16,18,25-26,35H2,1-2H3/b15-5+,17-11+. The van der Waals surface area contributed by atoms with Crippen molar-refractivity contribution in [3.63, 3.8) is 0 Å². The van der Waals surface area contributed by atoms with Crippen LogP contribution in [0.25, 0.3) is 6.08 Å². The highest BCUT2D eigenvalue weighted by atomic mass is 28.2. The molecule has 3 aromatic rings. The predicted molar refractivity (Wildman–Crippen MR) is 153 cm³/mol. The Morgan fingerprint density at radius 1 is 0.800 bits per heavy atom.